The predicted molar refractivity (Wildman–Crippen MR) is 115 cm³/mol. The van der Waals surface area contributed by atoms with Crippen LogP contribution in [-0.4, -0.2) is 85.2 Å². The standard InChI is InChI=1S/C22H33N5O2/c1-25-15-17-26(18-16-25)13-6-5-12-23-21(28)9-10-22(29)27-14-11-20(24-27)19-7-3-2-4-8-19/h2-4,7-8H,5-6,9-18H2,1H3,(H,23,28). The van der Waals surface area contributed by atoms with Gasteiger partial charge >= 0.3 is 0 Å². The molecule has 29 heavy (non-hydrogen) atoms. The van der Waals surface area contributed by atoms with Crippen molar-refractivity contribution in [2.45, 2.75) is 32.1 Å². The molecule has 1 N–H and O–H groups in total. The third kappa shape index (κ3) is 6.94. The summed E-state index contributed by atoms with van der Waals surface area (Å²) in [5.41, 5.74) is 1.99. The Kier molecular flexibility index (Phi) is 8.19. The van der Waals surface area contributed by atoms with Crippen LogP contribution in [0.2, 0.25) is 0 Å². The Balaban J connectivity index is 1.27. The molecule has 2 heterocycles. The molecule has 1 aromatic carbocycles. The van der Waals surface area contributed by atoms with Crippen molar-refractivity contribution in [3.05, 3.63) is 35.9 Å². The highest BCUT2D eigenvalue weighted by Gasteiger charge is 2.21. The number of piperazine rings is 1. The maximum absolute atomic E-state index is 12.3. The van der Waals surface area contributed by atoms with E-state index in [1.165, 1.54) is 5.01 Å². The van der Waals surface area contributed by atoms with Gasteiger partial charge in [0.2, 0.25) is 11.8 Å². The van der Waals surface area contributed by atoms with Crippen LogP contribution in [-0.2, 0) is 9.59 Å². The van der Waals surface area contributed by atoms with Gasteiger partial charge in [-0.15, -0.1) is 0 Å². The second-order valence-electron chi connectivity index (χ2n) is 7.88. The first kappa shape index (κ1) is 21.5. The molecule has 2 amide bonds. The number of carbonyl (C=O) groups is 2. The second kappa shape index (κ2) is 11.1. The highest BCUT2D eigenvalue weighted by atomic mass is 16.2. The number of hydrazone groups is 1. The van der Waals surface area contributed by atoms with E-state index in [9.17, 15) is 9.59 Å². The quantitative estimate of drug-likeness (QED) is 0.640. The van der Waals surface area contributed by atoms with E-state index in [4.69, 9.17) is 0 Å². The number of nitrogens with zero attached hydrogens (tertiary/aromatic N) is 4. The highest BCUT2D eigenvalue weighted by molar-refractivity contribution is 6.02. The van der Waals surface area contributed by atoms with Gasteiger partial charge < -0.3 is 15.1 Å². The number of hydrogen-bond acceptors (Lipinski definition) is 5. The van der Waals surface area contributed by atoms with E-state index in [0.717, 1.165) is 63.3 Å². The van der Waals surface area contributed by atoms with Crippen molar-refractivity contribution in [1.29, 1.82) is 0 Å². The van der Waals surface area contributed by atoms with Crippen molar-refractivity contribution >= 4 is 17.5 Å². The lowest BCUT2D eigenvalue weighted by atomic mass is 10.1. The molecule has 0 radical (unpaired) electrons. The average molecular weight is 400 g/mol. The SMILES string of the molecule is CN1CCN(CCCCNC(=O)CCC(=O)N2CCC(c3ccccc3)=N2)CC1. The third-order valence-corrected chi connectivity index (χ3v) is 5.58. The van der Waals surface area contributed by atoms with Crippen molar-refractivity contribution < 1.29 is 9.59 Å². The fourth-order valence-corrected chi connectivity index (χ4v) is 3.67. The van der Waals surface area contributed by atoms with Crippen LogP contribution in [0.3, 0.4) is 0 Å². The van der Waals surface area contributed by atoms with Crippen LogP contribution in [0.4, 0.5) is 0 Å². The molecular weight excluding hydrogens is 366 g/mol. The largest absolute Gasteiger partial charge is 0.356 e. The fraction of sp³-hybridized carbons (Fsp3) is 0.591. The van der Waals surface area contributed by atoms with Crippen LogP contribution in [0.15, 0.2) is 35.4 Å². The molecule has 0 saturated carbocycles. The molecule has 1 fully saturated rings. The molecule has 158 valence electrons. The second-order valence-corrected chi connectivity index (χ2v) is 7.88. The number of likely N-dealkylation sites (N-methyl/N-ethyl adjacent to an activating group) is 1. The van der Waals surface area contributed by atoms with Crippen molar-refractivity contribution in [2.24, 2.45) is 5.10 Å². The van der Waals surface area contributed by atoms with Crippen LogP contribution in [0.1, 0.15) is 37.7 Å². The van der Waals surface area contributed by atoms with E-state index in [0.29, 0.717) is 13.1 Å². The molecule has 1 aromatic rings. The van der Waals surface area contributed by atoms with E-state index in [1.54, 1.807) is 0 Å². The Labute approximate surface area is 173 Å². The molecule has 3 rings (SSSR count). The van der Waals surface area contributed by atoms with Gasteiger partial charge in [-0.2, -0.15) is 5.10 Å². The van der Waals surface area contributed by atoms with E-state index in [2.05, 4.69) is 27.3 Å². The van der Waals surface area contributed by atoms with Crippen molar-refractivity contribution in [2.75, 3.05) is 52.9 Å². The summed E-state index contributed by atoms with van der Waals surface area (Å²) >= 11 is 0. The van der Waals surface area contributed by atoms with E-state index >= 15 is 0 Å². The molecule has 7 nitrogen and oxygen atoms in total. The normalized spacial score (nSPS) is 18.0. The van der Waals surface area contributed by atoms with Gasteiger partial charge in [-0.3, -0.25) is 9.59 Å². The number of hydrogen-bond donors (Lipinski definition) is 1. The number of nitrogens with one attached hydrogen (secondary N) is 1. The zero-order valence-electron chi connectivity index (χ0n) is 17.5. The molecule has 0 unspecified atom stereocenters. The van der Waals surface area contributed by atoms with Crippen molar-refractivity contribution in [3.8, 4) is 0 Å². The molecule has 0 aliphatic carbocycles. The minimum atomic E-state index is -0.0823. The Morgan fingerprint density at radius 3 is 2.52 bits per heavy atom. The lowest BCUT2D eigenvalue weighted by Crippen LogP contribution is -2.44. The summed E-state index contributed by atoms with van der Waals surface area (Å²) in [7, 11) is 2.16. The Morgan fingerprint density at radius 1 is 1.00 bits per heavy atom. The highest BCUT2D eigenvalue weighted by Crippen LogP contribution is 2.15. The summed E-state index contributed by atoms with van der Waals surface area (Å²) in [4.78, 5) is 29.2. The maximum Gasteiger partial charge on any atom is 0.243 e. The predicted octanol–water partition coefficient (Wildman–Crippen LogP) is 1.55. The molecule has 0 aromatic heterocycles. The molecule has 0 atom stereocenters. The zero-order valence-corrected chi connectivity index (χ0v) is 17.5. The molecule has 0 spiro atoms. The van der Waals surface area contributed by atoms with Gasteiger partial charge in [-0.05, 0) is 32.0 Å². The first-order valence-corrected chi connectivity index (χ1v) is 10.7. The van der Waals surface area contributed by atoms with Gasteiger partial charge in [0.05, 0.1) is 12.3 Å². The van der Waals surface area contributed by atoms with Crippen LogP contribution in [0.25, 0.3) is 0 Å². The van der Waals surface area contributed by atoms with E-state index < -0.39 is 0 Å². The minimum absolute atomic E-state index is 0.0515. The minimum Gasteiger partial charge on any atom is -0.356 e. The summed E-state index contributed by atoms with van der Waals surface area (Å²) in [5, 5.41) is 8.87. The number of carbonyl (C=O) groups excluding carboxylic acids is 2. The third-order valence-electron chi connectivity index (χ3n) is 5.58. The number of benzene rings is 1. The first-order chi connectivity index (χ1) is 14.1. The molecule has 2 aliphatic rings. The molecule has 2 aliphatic heterocycles. The van der Waals surface area contributed by atoms with Gasteiger partial charge in [0.15, 0.2) is 0 Å². The summed E-state index contributed by atoms with van der Waals surface area (Å²) in [5.74, 6) is -0.134. The van der Waals surface area contributed by atoms with Gasteiger partial charge in [0, 0.05) is 52.0 Å². The topological polar surface area (TPSA) is 68.2 Å². The van der Waals surface area contributed by atoms with Gasteiger partial charge in [-0.25, -0.2) is 5.01 Å². The smallest absolute Gasteiger partial charge is 0.243 e. The van der Waals surface area contributed by atoms with Crippen LogP contribution in [0, 0.1) is 0 Å². The van der Waals surface area contributed by atoms with Crippen molar-refractivity contribution in [3.63, 3.8) is 0 Å². The Hall–Kier alpha value is -2.25. The average Bonchev–Trinajstić information content (AvgIpc) is 3.24. The van der Waals surface area contributed by atoms with Crippen LogP contribution >= 0.6 is 0 Å². The molecule has 1 saturated heterocycles. The Morgan fingerprint density at radius 2 is 1.76 bits per heavy atom. The number of rotatable bonds is 9. The van der Waals surface area contributed by atoms with Gasteiger partial charge in [0.25, 0.3) is 0 Å². The number of unbranched alkanes of at least 4 members (excludes halogenated alkanes) is 1. The summed E-state index contributed by atoms with van der Waals surface area (Å²) in [6.45, 7) is 6.92. The summed E-state index contributed by atoms with van der Waals surface area (Å²) in [6, 6.07) is 9.91. The molecular formula is C22H33N5O2. The zero-order chi connectivity index (χ0) is 20.5. The van der Waals surface area contributed by atoms with E-state index in [1.807, 2.05) is 30.3 Å². The first-order valence-electron chi connectivity index (χ1n) is 10.7. The van der Waals surface area contributed by atoms with Gasteiger partial charge in [0.1, 0.15) is 0 Å². The lowest BCUT2D eigenvalue weighted by Gasteiger charge is -2.32. The van der Waals surface area contributed by atoms with Crippen LogP contribution < -0.4 is 5.32 Å². The molecule has 0 bridgehead atoms. The Bertz CT molecular complexity index is 698. The lowest BCUT2D eigenvalue weighted by molar-refractivity contribution is -0.133. The fourth-order valence-electron chi connectivity index (χ4n) is 3.67. The summed E-state index contributed by atoms with van der Waals surface area (Å²) in [6.07, 6.45) is 3.26. The monoisotopic (exact) mass is 399 g/mol. The maximum atomic E-state index is 12.3. The van der Waals surface area contributed by atoms with E-state index in [-0.39, 0.29) is 24.7 Å². The summed E-state index contributed by atoms with van der Waals surface area (Å²) < 4.78 is 0. The van der Waals surface area contributed by atoms with Crippen molar-refractivity contribution in [1.82, 2.24) is 20.1 Å². The van der Waals surface area contributed by atoms with Crippen LogP contribution in [0.5, 0.6) is 0 Å². The number of amides is 2. The molecule has 7 heteroatoms. The van der Waals surface area contributed by atoms with Gasteiger partial charge in [-0.1, -0.05) is 30.3 Å².